The average Bonchev–Trinajstić information content (AvgIpc) is 3.19. The van der Waals surface area contributed by atoms with Gasteiger partial charge in [0, 0.05) is 28.7 Å². The van der Waals surface area contributed by atoms with Crippen molar-refractivity contribution in [3.63, 3.8) is 0 Å². The fraction of sp³-hybridized carbons (Fsp3) is 0.226. The van der Waals surface area contributed by atoms with Crippen LogP contribution >= 0.6 is 34.8 Å². The lowest BCUT2D eigenvalue weighted by molar-refractivity contribution is -0.116. The molecule has 0 saturated heterocycles. The number of aliphatic hydroxyl groups excluding tert-OH is 1. The van der Waals surface area contributed by atoms with E-state index in [4.69, 9.17) is 44.3 Å². The van der Waals surface area contributed by atoms with E-state index in [0.717, 1.165) is 0 Å². The fourth-order valence-electron chi connectivity index (χ4n) is 5.97. The molecule has 0 radical (unpaired) electrons. The largest absolute Gasteiger partial charge is 0.507 e. The molecule has 3 atom stereocenters. The molecule has 0 saturated carbocycles. The van der Waals surface area contributed by atoms with Gasteiger partial charge in [0.25, 0.3) is 0 Å². The standard InChI is InChI=1S/C31H23Cl3O6/c1-14(35)8-9-17-10-20-29(25(27(17)37)16-6-4-3-5-7-16)39-28-15(2)26(36)24(34)13-21(28)31(20)19-12-23(33)22(32)11-18(19)30(38)40-31/h3-7,10-13,20,29,36-37H,8-9H2,1-2H3. The smallest absolute Gasteiger partial charge is 0.339 e. The summed E-state index contributed by atoms with van der Waals surface area (Å²) in [5.74, 6) is -1.26. The first kappa shape index (κ1) is 26.8. The minimum absolute atomic E-state index is 0.0122. The number of ether oxygens (including phenoxy) is 2. The maximum atomic E-state index is 13.5. The highest BCUT2D eigenvalue weighted by Gasteiger charge is 2.61. The molecule has 2 heterocycles. The lowest BCUT2D eigenvalue weighted by atomic mass is 9.66. The van der Waals surface area contributed by atoms with Crippen LogP contribution in [0.25, 0.3) is 5.57 Å². The molecule has 204 valence electrons. The SMILES string of the molecule is CC(=O)CCC1=CC2C(Oc3c(cc(Cl)c(O)c3C)C23OC(=O)c2cc(Cl)c(Cl)cc23)C(c2ccccc2)=C1O. The Morgan fingerprint density at radius 2 is 1.68 bits per heavy atom. The van der Waals surface area contributed by atoms with Gasteiger partial charge in [0.1, 0.15) is 29.1 Å². The van der Waals surface area contributed by atoms with Crippen molar-refractivity contribution in [3.8, 4) is 11.5 Å². The highest BCUT2D eigenvalue weighted by molar-refractivity contribution is 6.42. The minimum atomic E-state index is -1.50. The molecule has 3 aromatic carbocycles. The molecule has 40 heavy (non-hydrogen) atoms. The zero-order chi connectivity index (χ0) is 28.5. The Morgan fingerprint density at radius 3 is 2.38 bits per heavy atom. The van der Waals surface area contributed by atoms with Crippen LogP contribution in [0.2, 0.25) is 15.1 Å². The Kier molecular flexibility index (Phi) is 6.41. The maximum absolute atomic E-state index is 13.5. The normalized spacial score (nSPS) is 22.7. The molecule has 0 bridgehead atoms. The van der Waals surface area contributed by atoms with Gasteiger partial charge in [-0.05, 0) is 49.6 Å². The molecule has 2 N–H and O–H groups in total. The van der Waals surface area contributed by atoms with Crippen molar-refractivity contribution in [2.24, 2.45) is 5.92 Å². The summed E-state index contributed by atoms with van der Waals surface area (Å²) in [4.78, 5) is 25.4. The van der Waals surface area contributed by atoms with Crippen LogP contribution in [0.1, 0.15) is 52.4 Å². The number of phenols is 1. The summed E-state index contributed by atoms with van der Waals surface area (Å²) < 4.78 is 12.9. The number of hydrogen-bond acceptors (Lipinski definition) is 6. The molecule has 0 amide bonds. The molecule has 3 unspecified atom stereocenters. The fourth-order valence-corrected chi connectivity index (χ4v) is 6.55. The highest BCUT2D eigenvalue weighted by atomic mass is 35.5. The molecule has 6 rings (SSSR count). The van der Waals surface area contributed by atoms with Crippen LogP contribution in [-0.4, -0.2) is 28.1 Å². The van der Waals surface area contributed by atoms with Gasteiger partial charge in [0.15, 0.2) is 5.60 Å². The summed E-state index contributed by atoms with van der Waals surface area (Å²) in [6.45, 7) is 3.15. The molecule has 2 aliphatic heterocycles. The maximum Gasteiger partial charge on any atom is 0.339 e. The van der Waals surface area contributed by atoms with Crippen molar-refractivity contribution >= 4 is 52.1 Å². The van der Waals surface area contributed by atoms with Crippen molar-refractivity contribution in [1.29, 1.82) is 0 Å². The van der Waals surface area contributed by atoms with E-state index in [1.807, 2.05) is 30.3 Å². The molecule has 1 spiro atoms. The predicted octanol–water partition coefficient (Wildman–Crippen LogP) is 7.73. The number of carbonyl (C=O) groups excluding carboxylic acids is 2. The number of allylic oxidation sites excluding steroid dienone is 1. The molecule has 3 aromatic rings. The van der Waals surface area contributed by atoms with E-state index in [9.17, 15) is 19.8 Å². The van der Waals surface area contributed by atoms with Crippen molar-refractivity contribution in [2.75, 3.05) is 0 Å². The topological polar surface area (TPSA) is 93.1 Å². The summed E-state index contributed by atoms with van der Waals surface area (Å²) in [5, 5.41) is 22.8. The van der Waals surface area contributed by atoms with Gasteiger partial charge in [0.05, 0.1) is 26.5 Å². The number of fused-ring (bicyclic) bond motifs is 6. The summed E-state index contributed by atoms with van der Waals surface area (Å²) >= 11 is 19.3. The number of rotatable bonds is 4. The van der Waals surface area contributed by atoms with Crippen molar-refractivity contribution in [2.45, 2.75) is 38.4 Å². The number of ketones is 1. The number of esters is 1. The Hall–Kier alpha value is -3.45. The number of hydrogen-bond donors (Lipinski definition) is 2. The lowest BCUT2D eigenvalue weighted by Crippen LogP contribution is -2.50. The third kappa shape index (κ3) is 3.85. The van der Waals surface area contributed by atoms with Crippen LogP contribution in [0.4, 0.5) is 0 Å². The highest BCUT2D eigenvalue weighted by Crippen LogP contribution is 2.61. The van der Waals surface area contributed by atoms with E-state index in [1.54, 1.807) is 19.1 Å². The van der Waals surface area contributed by atoms with Crippen LogP contribution in [0, 0.1) is 12.8 Å². The van der Waals surface area contributed by atoms with E-state index < -0.39 is 23.6 Å². The zero-order valence-corrected chi connectivity index (χ0v) is 23.7. The van der Waals surface area contributed by atoms with E-state index in [2.05, 4.69) is 0 Å². The number of Topliss-reactive ketones (excluding diaryl/α,β-unsaturated/α-hetero) is 1. The Labute approximate surface area is 245 Å². The number of halogens is 3. The zero-order valence-electron chi connectivity index (χ0n) is 21.4. The van der Waals surface area contributed by atoms with E-state index in [0.29, 0.717) is 33.4 Å². The van der Waals surface area contributed by atoms with Gasteiger partial charge in [-0.1, -0.05) is 71.2 Å². The third-order valence-electron chi connectivity index (χ3n) is 7.87. The number of aliphatic hydroxyl groups is 1. The Morgan fingerprint density at radius 1 is 1.00 bits per heavy atom. The van der Waals surface area contributed by atoms with Crippen molar-refractivity contribution < 1.29 is 29.3 Å². The predicted molar refractivity (Wildman–Crippen MR) is 152 cm³/mol. The average molecular weight is 598 g/mol. The minimum Gasteiger partial charge on any atom is -0.507 e. The second-order valence-electron chi connectivity index (χ2n) is 10.2. The molecular weight excluding hydrogens is 575 g/mol. The summed E-state index contributed by atoms with van der Waals surface area (Å²) in [6, 6.07) is 13.8. The monoisotopic (exact) mass is 596 g/mol. The van der Waals surface area contributed by atoms with Gasteiger partial charge in [-0.15, -0.1) is 0 Å². The van der Waals surface area contributed by atoms with Crippen LogP contribution in [0.3, 0.4) is 0 Å². The lowest BCUT2D eigenvalue weighted by Gasteiger charge is -2.48. The Bertz CT molecular complexity index is 1680. The van der Waals surface area contributed by atoms with Gasteiger partial charge >= 0.3 is 5.97 Å². The van der Waals surface area contributed by atoms with Crippen molar-refractivity contribution in [1.82, 2.24) is 0 Å². The first-order valence-corrected chi connectivity index (χ1v) is 13.8. The van der Waals surface area contributed by atoms with Crippen LogP contribution < -0.4 is 4.74 Å². The number of benzene rings is 3. The number of phenolic OH excluding ortho intramolecular Hbond substituents is 1. The van der Waals surface area contributed by atoms with Gasteiger partial charge < -0.3 is 24.5 Å². The van der Waals surface area contributed by atoms with E-state index in [1.165, 1.54) is 19.1 Å². The van der Waals surface area contributed by atoms with Gasteiger partial charge in [0.2, 0.25) is 0 Å². The molecule has 9 heteroatoms. The quantitative estimate of drug-likeness (QED) is 0.299. The van der Waals surface area contributed by atoms with Gasteiger partial charge in [-0.25, -0.2) is 4.79 Å². The van der Waals surface area contributed by atoms with Crippen molar-refractivity contribution in [3.05, 3.63) is 109 Å². The molecule has 3 aliphatic rings. The Balaban J connectivity index is 1.70. The summed E-state index contributed by atoms with van der Waals surface area (Å²) in [5.41, 5.74) is 1.66. The molecule has 1 aliphatic carbocycles. The first-order valence-electron chi connectivity index (χ1n) is 12.7. The van der Waals surface area contributed by atoms with Crippen LogP contribution in [0.15, 0.2) is 65.9 Å². The van der Waals surface area contributed by atoms with E-state index >= 15 is 0 Å². The number of aromatic hydroxyl groups is 1. The molecular formula is C31H23Cl3O6. The summed E-state index contributed by atoms with van der Waals surface area (Å²) in [7, 11) is 0. The first-order chi connectivity index (χ1) is 19.0. The van der Waals surface area contributed by atoms with Gasteiger partial charge in [-0.3, -0.25) is 0 Å². The van der Waals surface area contributed by atoms with Gasteiger partial charge in [-0.2, -0.15) is 0 Å². The van der Waals surface area contributed by atoms with E-state index in [-0.39, 0.29) is 56.5 Å². The second-order valence-corrected chi connectivity index (χ2v) is 11.5. The molecule has 0 aromatic heterocycles. The third-order valence-corrected chi connectivity index (χ3v) is 8.88. The molecule has 6 nitrogen and oxygen atoms in total. The van der Waals surface area contributed by atoms with Crippen LogP contribution in [0.5, 0.6) is 11.5 Å². The van der Waals surface area contributed by atoms with Crippen LogP contribution in [-0.2, 0) is 15.1 Å². The molecule has 0 fully saturated rings. The second kappa shape index (κ2) is 9.58. The number of carbonyl (C=O) groups is 2. The summed E-state index contributed by atoms with van der Waals surface area (Å²) in [6.07, 6.45) is 1.42.